The van der Waals surface area contributed by atoms with Crippen LogP contribution in [0.3, 0.4) is 0 Å². The molecule has 5 nitrogen and oxygen atoms in total. The van der Waals surface area contributed by atoms with Crippen molar-refractivity contribution in [1.82, 2.24) is 5.43 Å². The zero-order chi connectivity index (χ0) is 20.6. The standard InChI is InChI=1S/C23H18FN3O2/c1-16-3-2-4-19(11-16)15-29-20-8-5-17(6-9-20)14-26-27-23(28)21-10-7-18(13-25)12-22(21)24/h2-12,14H,15H2,1H3,(H,27,28)/b26-14-. The Hall–Kier alpha value is -3.98. The number of halogens is 1. The van der Waals surface area contributed by atoms with E-state index in [9.17, 15) is 9.18 Å². The van der Waals surface area contributed by atoms with Crippen LogP contribution in [0.5, 0.6) is 5.75 Å². The first kappa shape index (κ1) is 19.8. The van der Waals surface area contributed by atoms with E-state index >= 15 is 0 Å². The van der Waals surface area contributed by atoms with Crippen molar-refractivity contribution in [3.63, 3.8) is 0 Å². The van der Waals surface area contributed by atoms with Crippen LogP contribution in [0.4, 0.5) is 4.39 Å². The van der Waals surface area contributed by atoms with Crippen LogP contribution in [-0.4, -0.2) is 12.1 Å². The minimum Gasteiger partial charge on any atom is -0.489 e. The van der Waals surface area contributed by atoms with Crippen molar-refractivity contribution >= 4 is 12.1 Å². The number of nitrogens with zero attached hydrogens (tertiary/aromatic N) is 2. The van der Waals surface area contributed by atoms with Crippen molar-refractivity contribution < 1.29 is 13.9 Å². The first-order valence-electron chi connectivity index (χ1n) is 8.86. The number of rotatable bonds is 6. The van der Waals surface area contributed by atoms with Gasteiger partial charge in [-0.2, -0.15) is 10.4 Å². The van der Waals surface area contributed by atoms with Crippen molar-refractivity contribution in [2.75, 3.05) is 0 Å². The Morgan fingerprint density at radius 1 is 1.17 bits per heavy atom. The van der Waals surface area contributed by atoms with Crippen LogP contribution in [0.25, 0.3) is 0 Å². The monoisotopic (exact) mass is 387 g/mol. The minimum absolute atomic E-state index is 0.146. The molecule has 0 spiro atoms. The van der Waals surface area contributed by atoms with Crippen molar-refractivity contribution in [1.29, 1.82) is 5.26 Å². The summed E-state index contributed by atoms with van der Waals surface area (Å²) < 4.78 is 19.6. The highest BCUT2D eigenvalue weighted by Gasteiger charge is 2.11. The van der Waals surface area contributed by atoms with Gasteiger partial charge in [-0.25, -0.2) is 9.82 Å². The molecule has 6 heteroatoms. The molecule has 1 N–H and O–H groups in total. The molecule has 3 rings (SSSR count). The molecule has 0 unspecified atom stereocenters. The van der Waals surface area contributed by atoms with E-state index in [4.69, 9.17) is 10.00 Å². The lowest BCUT2D eigenvalue weighted by Gasteiger charge is -2.07. The quantitative estimate of drug-likeness (QED) is 0.505. The zero-order valence-corrected chi connectivity index (χ0v) is 15.7. The van der Waals surface area contributed by atoms with Crippen LogP contribution >= 0.6 is 0 Å². The van der Waals surface area contributed by atoms with E-state index in [1.54, 1.807) is 24.3 Å². The normalized spacial score (nSPS) is 10.5. The molecule has 0 saturated heterocycles. The first-order chi connectivity index (χ1) is 14.0. The Kier molecular flexibility index (Phi) is 6.33. The minimum atomic E-state index is -0.771. The van der Waals surface area contributed by atoms with Crippen molar-refractivity contribution in [3.05, 3.63) is 100 Å². The smallest absolute Gasteiger partial charge is 0.274 e. The molecule has 0 saturated carbocycles. The summed E-state index contributed by atoms with van der Waals surface area (Å²) in [6.07, 6.45) is 1.45. The van der Waals surface area contributed by atoms with Crippen molar-refractivity contribution in [2.45, 2.75) is 13.5 Å². The van der Waals surface area contributed by atoms with Crippen LogP contribution < -0.4 is 10.2 Å². The maximum absolute atomic E-state index is 13.8. The molecule has 144 valence electrons. The summed E-state index contributed by atoms with van der Waals surface area (Å²) >= 11 is 0. The van der Waals surface area contributed by atoms with Crippen molar-refractivity contribution in [2.24, 2.45) is 5.10 Å². The van der Waals surface area contributed by atoms with Gasteiger partial charge in [0.15, 0.2) is 0 Å². The topological polar surface area (TPSA) is 74.5 Å². The lowest BCUT2D eigenvalue weighted by molar-refractivity contribution is 0.0951. The molecular weight excluding hydrogens is 369 g/mol. The van der Waals surface area contributed by atoms with Gasteiger partial charge in [0.05, 0.1) is 23.4 Å². The molecule has 0 aliphatic heterocycles. The molecular formula is C23H18FN3O2. The molecule has 0 radical (unpaired) electrons. The predicted molar refractivity (Wildman–Crippen MR) is 108 cm³/mol. The highest BCUT2D eigenvalue weighted by molar-refractivity contribution is 5.95. The highest BCUT2D eigenvalue weighted by atomic mass is 19.1. The van der Waals surface area contributed by atoms with E-state index in [-0.39, 0.29) is 11.1 Å². The third-order valence-corrected chi connectivity index (χ3v) is 4.09. The van der Waals surface area contributed by atoms with Gasteiger partial charge in [0, 0.05) is 0 Å². The average Bonchev–Trinajstić information content (AvgIpc) is 2.73. The van der Waals surface area contributed by atoms with Crippen LogP contribution in [0.15, 0.2) is 71.8 Å². The molecule has 0 heterocycles. The lowest BCUT2D eigenvalue weighted by atomic mass is 10.1. The number of carbonyl (C=O) groups is 1. The number of aryl methyl sites for hydroxylation is 1. The third kappa shape index (κ3) is 5.50. The summed E-state index contributed by atoms with van der Waals surface area (Å²) in [4.78, 5) is 12.0. The Bertz CT molecular complexity index is 1090. The van der Waals surface area contributed by atoms with E-state index < -0.39 is 11.7 Å². The summed E-state index contributed by atoms with van der Waals surface area (Å²) in [5, 5.41) is 12.6. The largest absolute Gasteiger partial charge is 0.489 e. The van der Waals surface area contributed by atoms with Gasteiger partial charge in [0.1, 0.15) is 18.2 Å². The molecule has 3 aromatic carbocycles. The zero-order valence-electron chi connectivity index (χ0n) is 15.7. The van der Waals surface area contributed by atoms with Gasteiger partial charge in [-0.05, 0) is 60.5 Å². The summed E-state index contributed by atoms with van der Waals surface area (Å²) in [7, 11) is 0. The molecule has 0 aliphatic rings. The SMILES string of the molecule is Cc1cccc(COc2ccc(/C=N\NC(=O)c3ccc(C#N)cc3F)cc2)c1. The van der Waals surface area contributed by atoms with Crippen LogP contribution in [0, 0.1) is 24.1 Å². The Labute approximate surface area is 168 Å². The van der Waals surface area contributed by atoms with E-state index in [1.807, 2.05) is 31.2 Å². The molecule has 0 aromatic heterocycles. The van der Waals surface area contributed by atoms with Gasteiger partial charge in [0.2, 0.25) is 0 Å². The predicted octanol–water partition coefficient (Wildman–Crippen LogP) is 4.35. The number of nitriles is 1. The van der Waals surface area contributed by atoms with E-state index in [0.717, 1.165) is 17.2 Å². The first-order valence-corrected chi connectivity index (χ1v) is 8.86. The van der Waals surface area contributed by atoms with Gasteiger partial charge in [-0.3, -0.25) is 4.79 Å². The average molecular weight is 387 g/mol. The molecule has 3 aromatic rings. The molecule has 29 heavy (non-hydrogen) atoms. The number of ether oxygens (including phenoxy) is 1. The molecule has 1 amide bonds. The van der Waals surface area contributed by atoms with Gasteiger partial charge in [-0.1, -0.05) is 29.8 Å². The number of carbonyl (C=O) groups excluding carboxylic acids is 1. The number of hydrogen-bond acceptors (Lipinski definition) is 4. The Morgan fingerprint density at radius 2 is 1.97 bits per heavy atom. The lowest BCUT2D eigenvalue weighted by Crippen LogP contribution is -2.19. The number of hydrogen-bond donors (Lipinski definition) is 1. The second kappa shape index (κ2) is 9.29. The number of nitrogens with one attached hydrogen (secondary N) is 1. The van der Waals surface area contributed by atoms with E-state index in [0.29, 0.717) is 12.4 Å². The van der Waals surface area contributed by atoms with Crippen LogP contribution in [-0.2, 0) is 6.61 Å². The fourth-order valence-corrected chi connectivity index (χ4v) is 2.61. The summed E-state index contributed by atoms with van der Waals surface area (Å²) in [5.41, 5.74) is 5.25. The number of benzene rings is 3. The summed E-state index contributed by atoms with van der Waals surface area (Å²) in [6.45, 7) is 2.51. The maximum atomic E-state index is 13.8. The second-order valence-electron chi connectivity index (χ2n) is 6.35. The third-order valence-electron chi connectivity index (χ3n) is 4.09. The Morgan fingerprint density at radius 3 is 2.66 bits per heavy atom. The second-order valence-corrected chi connectivity index (χ2v) is 6.35. The maximum Gasteiger partial charge on any atom is 0.274 e. The molecule has 0 aliphatic carbocycles. The fourth-order valence-electron chi connectivity index (χ4n) is 2.61. The van der Waals surface area contributed by atoms with Crippen LogP contribution in [0.2, 0.25) is 0 Å². The van der Waals surface area contributed by atoms with Gasteiger partial charge < -0.3 is 4.74 Å². The van der Waals surface area contributed by atoms with E-state index in [1.165, 1.54) is 23.9 Å². The van der Waals surface area contributed by atoms with Crippen LogP contribution in [0.1, 0.15) is 32.6 Å². The summed E-state index contributed by atoms with van der Waals surface area (Å²) in [5.74, 6) is -0.749. The number of amides is 1. The van der Waals surface area contributed by atoms with E-state index in [2.05, 4.69) is 16.6 Å². The van der Waals surface area contributed by atoms with Gasteiger partial charge in [-0.15, -0.1) is 0 Å². The molecule has 0 bridgehead atoms. The highest BCUT2D eigenvalue weighted by Crippen LogP contribution is 2.14. The Balaban J connectivity index is 1.54. The molecule has 0 fully saturated rings. The molecule has 0 atom stereocenters. The van der Waals surface area contributed by atoms with Gasteiger partial charge in [0.25, 0.3) is 5.91 Å². The summed E-state index contributed by atoms with van der Waals surface area (Å²) in [6, 6.07) is 20.7. The van der Waals surface area contributed by atoms with Crippen molar-refractivity contribution in [3.8, 4) is 11.8 Å². The number of hydrazone groups is 1. The fraction of sp³-hybridized carbons (Fsp3) is 0.0870. The van der Waals surface area contributed by atoms with Gasteiger partial charge >= 0.3 is 0 Å².